The molecule has 0 radical (unpaired) electrons. The molecule has 0 aliphatic rings. The van der Waals surface area contributed by atoms with E-state index in [0.717, 1.165) is 9.87 Å². The molecule has 0 fully saturated rings. The van der Waals surface area contributed by atoms with E-state index in [1.54, 1.807) is 6.07 Å². The van der Waals surface area contributed by atoms with E-state index >= 15 is 0 Å². The summed E-state index contributed by atoms with van der Waals surface area (Å²) in [5, 5.41) is 14.0. The molecular weight excluding hydrogens is 450 g/mol. The van der Waals surface area contributed by atoms with E-state index in [4.69, 9.17) is 11.6 Å². The third kappa shape index (κ3) is 4.61. The minimum absolute atomic E-state index is 0.00446. The molecule has 4 rings (SSSR count). The summed E-state index contributed by atoms with van der Waals surface area (Å²) in [5.74, 6) is 0.577. The molecular formula is C21H20ClN7O2S. The molecule has 0 saturated heterocycles. The van der Waals surface area contributed by atoms with Gasteiger partial charge in [-0.15, -0.1) is 10.2 Å². The van der Waals surface area contributed by atoms with Crippen LogP contribution in [0.1, 0.15) is 31.2 Å². The average Bonchev–Trinajstić information content (AvgIpc) is 3.31. The minimum Gasteiger partial charge on any atom is -0.226 e. The van der Waals surface area contributed by atoms with Crippen LogP contribution >= 0.6 is 11.6 Å². The number of hydrogen-bond acceptors (Lipinski definition) is 7. The van der Waals surface area contributed by atoms with Gasteiger partial charge < -0.3 is 0 Å². The van der Waals surface area contributed by atoms with Crippen molar-refractivity contribution in [3.8, 4) is 11.3 Å². The molecule has 9 nitrogen and oxygen atoms in total. The van der Waals surface area contributed by atoms with Gasteiger partial charge in [0.25, 0.3) is 10.0 Å². The van der Waals surface area contributed by atoms with Crippen molar-refractivity contribution in [2.75, 3.05) is 4.31 Å². The van der Waals surface area contributed by atoms with Crippen LogP contribution in [-0.4, -0.2) is 39.0 Å². The fraction of sp³-hybridized carbons (Fsp3) is 0.190. The van der Waals surface area contributed by atoms with E-state index in [-0.39, 0.29) is 23.2 Å². The van der Waals surface area contributed by atoms with Gasteiger partial charge >= 0.3 is 0 Å². The SMILES string of the molecule is CC(C)c1ccc(-c2ccnc(N(Cc3nn[nH]n3)S(=O)(=O)c3ccc(Cl)cc3)n2)cc1. The van der Waals surface area contributed by atoms with Crippen molar-refractivity contribution in [1.82, 2.24) is 30.6 Å². The normalized spacial score (nSPS) is 11.6. The Bertz CT molecular complexity index is 1290. The van der Waals surface area contributed by atoms with Crippen LogP contribution in [0.15, 0.2) is 65.7 Å². The molecule has 4 aromatic rings. The molecule has 0 amide bonds. The van der Waals surface area contributed by atoms with Gasteiger partial charge in [0, 0.05) is 16.8 Å². The average molecular weight is 470 g/mol. The second-order valence-electron chi connectivity index (χ2n) is 7.31. The maximum Gasteiger partial charge on any atom is 0.267 e. The number of aromatic nitrogens is 6. The van der Waals surface area contributed by atoms with E-state index in [2.05, 4.69) is 44.4 Å². The molecule has 1 N–H and O–H groups in total. The largest absolute Gasteiger partial charge is 0.267 e. The van der Waals surface area contributed by atoms with Gasteiger partial charge in [-0.3, -0.25) is 0 Å². The molecule has 2 aromatic heterocycles. The molecule has 0 saturated carbocycles. The van der Waals surface area contributed by atoms with Gasteiger partial charge in [-0.25, -0.2) is 22.7 Å². The summed E-state index contributed by atoms with van der Waals surface area (Å²) >= 11 is 5.93. The summed E-state index contributed by atoms with van der Waals surface area (Å²) in [6, 6.07) is 15.6. The van der Waals surface area contributed by atoms with Gasteiger partial charge in [0.1, 0.15) is 6.54 Å². The van der Waals surface area contributed by atoms with Crippen molar-refractivity contribution in [2.24, 2.45) is 0 Å². The monoisotopic (exact) mass is 469 g/mol. The van der Waals surface area contributed by atoms with Crippen LogP contribution < -0.4 is 4.31 Å². The number of anilines is 1. The summed E-state index contributed by atoms with van der Waals surface area (Å²) in [6.07, 6.45) is 1.52. The van der Waals surface area contributed by atoms with Gasteiger partial charge in [0.2, 0.25) is 5.95 Å². The summed E-state index contributed by atoms with van der Waals surface area (Å²) in [7, 11) is -4.04. The highest BCUT2D eigenvalue weighted by atomic mass is 35.5. The molecule has 0 bridgehead atoms. The lowest BCUT2D eigenvalue weighted by Crippen LogP contribution is -2.32. The highest BCUT2D eigenvalue weighted by molar-refractivity contribution is 7.92. The summed E-state index contributed by atoms with van der Waals surface area (Å²) < 4.78 is 28.0. The number of aromatic amines is 1. The zero-order valence-electron chi connectivity index (χ0n) is 17.3. The minimum atomic E-state index is -4.04. The van der Waals surface area contributed by atoms with E-state index in [9.17, 15) is 8.42 Å². The summed E-state index contributed by atoms with van der Waals surface area (Å²) in [6.45, 7) is 4.04. The smallest absolute Gasteiger partial charge is 0.226 e. The van der Waals surface area contributed by atoms with Gasteiger partial charge in [-0.05, 0) is 41.8 Å². The van der Waals surface area contributed by atoms with Crippen molar-refractivity contribution >= 4 is 27.6 Å². The lowest BCUT2D eigenvalue weighted by molar-refractivity contribution is 0.587. The number of nitrogens with one attached hydrogen (secondary N) is 1. The summed E-state index contributed by atoms with van der Waals surface area (Å²) in [4.78, 5) is 8.80. The molecule has 0 unspecified atom stereocenters. The lowest BCUT2D eigenvalue weighted by atomic mass is 10.0. The number of nitrogens with zero attached hydrogens (tertiary/aromatic N) is 6. The standard InChI is InChI=1S/C21H20ClN7O2S/c1-14(2)15-3-5-16(6-4-15)19-11-12-23-21(24-19)29(13-20-25-27-28-26-20)32(30,31)18-9-7-17(22)8-10-18/h3-12,14H,13H2,1-2H3,(H,25,26,27,28). The predicted molar refractivity (Wildman–Crippen MR) is 121 cm³/mol. The highest BCUT2D eigenvalue weighted by Gasteiger charge is 2.29. The number of hydrogen-bond donors (Lipinski definition) is 1. The molecule has 2 aromatic carbocycles. The third-order valence-electron chi connectivity index (χ3n) is 4.81. The molecule has 32 heavy (non-hydrogen) atoms. The van der Waals surface area contributed by atoms with Gasteiger partial charge in [-0.1, -0.05) is 54.9 Å². The Labute approximate surface area is 190 Å². The van der Waals surface area contributed by atoms with Crippen molar-refractivity contribution < 1.29 is 8.42 Å². The number of rotatable bonds is 7. The third-order valence-corrected chi connectivity index (χ3v) is 6.81. The van der Waals surface area contributed by atoms with Crippen LogP contribution in [0.25, 0.3) is 11.3 Å². The topological polar surface area (TPSA) is 118 Å². The fourth-order valence-corrected chi connectivity index (χ4v) is 4.49. The van der Waals surface area contributed by atoms with Crippen LogP contribution in [0.3, 0.4) is 0 Å². The number of tetrazole rings is 1. The van der Waals surface area contributed by atoms with E-state index < -0.39 is 10.0 Å². The first-order valence-electron chi connectivity index (χ1n) is 9.78. The Morgan fingerprint density at radius 3 is 2.38 bits per heavy atom. The number of H-pyrrole nitrogens is 1. The Balaban J connectivity index is 1.76. The van der Waals surface area contributed by atoms with Crippen molar-refractivity contribution in [3.05, 3.63) is 77.2 Å². The Morgan fingerprint density at radius 1 is 1.03 bits per heavy atom. The molecule has 164 valence electrons. The fourth-order valence-electron chi connectivity index (χ4n) is 3.04. The first kappa shape index (κ1) is 21.8. The second-order valence-corrected chi connectivity index (χ2v) is 9.61. The van der Waals surface area contributed by atoms with Gasteiger partial charge in [-0.2, -0.15) is 5.21 Å². The Morgan fingerprint density at radius 2 is 1.75 bits per heavy atom. The molecule has 0 atom stereocenters. The molecule has 11 heteroatoms. The van der Waals surface area contributed by atoms with E-state index in [1.807, 2.05) is 24.3 Å². The van der Waals surface area contributed by atoms with Crippen molar-refractivity contribution in [1.29, 1.82) is 0 Å². The Kier molecular flexibility index (Phi) is 6.15. The second kappa shape index (κ2) is 9.01. The van der Waals surface area contributed by atoms with Crippen molar-refractivity contribution in [3.63, 3.8) is 0 Å². The van der Waals surface area contributed by atoms with Crippen LogP contribution in [0.4, 0.5) is 5.95 Å². The molecule has 2 heterocycles. The first-order chi connectivity index (χ1) is 15.3. The quantitative estimate of drug-likeness (QED) is 0.437. The number of benzene rings is 2. The van der Waals surface area contributed by atoms with Crippen LogP contribution in [0.5, 0.6) is 0 Å². The number of halogens is 1. The van der Waals surface area contributed by atoms with E-state index in [1.165, 1.54) is 36.0 Å². The molecule has 0 aliphatic carbocycles. The number of sulfonamides is 1. The summed E-state index contributed by atoms with van der Waals surface area (Å²) in [5.41, 5.74) is 2.64. The molecule has 0 aliphatic heterocycles. The predicted octanol–water partition coefficient (Wildman–Crippen LogP) is 3.83. The first-order valence-corrected chi connectivity index (χ1v) is 11.6. The highest BCUT2D eigenvalue weighted by Crippen LogP contribution is 2.26. The lowest BCUT2D eigenvalue weighted by Gasteiger charge is -2.21. The zero-order chi connectivity index (χ0) is 22.7. The van der Waals surface area contributed by atoms with E-state index in [0.29, 0.717) is 16.6 Å². The van der Waals surface area contributed by atoms with Crippen LogP contribution in [0.2, 0.25) is 5.02 Å². The van der Waals surface area contributed by atoms with Gasteiger partial charge in [0.05, 0.1) is 10.6 Å². The maximum atomic E-state index is 13.5. The Hall–Kier alpha value is -3.37. The van der Waals surface area contributed by atoms with Crippen molar-refractivity contribution in [2.45, 2.75) is 31.2 Å². The van der Waals surface area contributed by atoms with Crippen LogP contribution in [-0.2, 0) is 16.6 Å². The maximum absolute atomic E-state index is 13.5. The van der Waals surface area contributed by atoms with Gasteiger partial charge in [0.15, 0.2) is 5.82 Å². The van der Waals surface area contributed by atoms with Crippen LogP contribution in [0, 0.1) is 0 Å². The zero-order valence-corrected chi connectivity index (χ0v) is 18.9. The molecule has 0 spiro atoms.